The van der Waals surface area contributed by atoms with Crippen LogP contribution >= 0.6 is 0 Å². The molecule has 0 atom stereocenters. The van der Waals surface area contributed by atoms with E-state index in [1.807, 2.05) is 6.92 Å². The highest BCUT2D eigenvalue weighted by atomic mass is 16.6. The Bertz CT molecular complexity index is 416. The van der Waals surface area contributed by atoms with Gasteiger partial charge in [0.15, 0.2) is 0 Å². The van der Waals surface area contributed by atoms with E-state index in [1.165, 1.54) is 18.2 Å². The van der Waals surface area contributed by atoms with Gasteiger partial charge in [0.1, 0.15) is 0 Å². The van der Waals surface area contributed by atoms with Crippen LogP contribution < -0.4 is 5.32 Å². The molecule has 0 heterocycles. The fraction of sp³-hybridized carbons (Fsp3) is 0.364. The molecule has 0 aliphatic heterocycles. The molecule has 16 heavy (non-hydrogen) atoms. The summed E-state index contributed by atoms with van der Waals surface area (Å²) >= 11 is 0. The van der Waals surface area contributed by atoms with Crippen molar-refractivity contribution in [1.82, 2.24) is 5.32 Å². The van der Waals surface area contributed by atoms with Gasteiger partial charge in [-0.3, -0.25) is 14.9 Å². The lowest BCUT2D eigenvalue weighted by molar-refractivity contribution is -0.384. The number of nitrogens with zero attached hydrogens (tertiary/aromatic N) is 1. The number of carbonyl (C=O) groups excluding carboxylic acids is 1. The molecular formula is C11H14N2O3. The van der Waals surface area contributed by atoms with Crippen LogP contribution in [-0.4, -0.2) is 17.9 Å². The predicted molar refractivity (Wildman–Crippen MR) is 60.5 cm³/mol. The summed E-state index contributed by atoms with van der Waals surface area (Å²) in [6, 6.07) is 4.32. The van der Waals surface area contributed by atoms with Crippen LogP contribution in [0.4, 0.5) is 5.69 Å². The van der Waals surface area contributed by atoms with Gasteiger partial charge < -0.3 is 5.32 Å². The number of rotatable bonds is 4. The zero-order valence-electron chi connectivity index (χ0n) is 9.32. The molecule has 0 unspecified atom stereocenters. The molecule has 1 aromatic rings. The Morgan fingerprint density at radius 1 is 1.50 bits per heavy atom. The van der Waals surface area contributed by atoms with Crippen LogP contribution in [0.3, 0.4) is 0 Å². The lowest BCUT2D eigenvalue weighted by Crippen LogP contribution is -2.19. The number of hydrogen-bond acceptors (Lipinski definition) is 3. The quantitative estimate of drug-likeness (QED) is 0.624. The fourth-order valence-corrected chi connectivity index (χ4v) is 1.53. The summed E-state index contributed by atoms with van der Waals surface area (Å²) < 4.78 is 0. The second kappa shape index (κ2) is 5.25. The molecule has 0 fully saturated rings. The van der Waals surface area contributed by atoms with E-state index in [0.29, 0.717) is 12.0 Å². The Morgan fingerprint density at radius 3 is 2.69 bits per heavy atom. The first-order chi connectivity index (χ1) is 7.60. The van der Waals surface area contributed by atoms with Gasteiger partial charge in [0.2, 0.25) is 0 Å². The van der Waals surface area contributed by atoms with Crippen LogP contribution in [0.1, 0.15) is 29.3 Å². The number of carbonyl (C=O) groups is 1. The highest BCUT2D eigenvalue weighted by Crippen LogP contribution is 2.19. The summed E-state index contributed by atoms with van der Waals surface area (Å²) in [6.45, 7) is 1.96. The van der Waals surface area contributed by atoms with E-state index < -0.39 is 4.92 Å². The van der Waals surface area contributed by atoms with Crippen molar-refractivity contribution in [2.75, 3.05) is 7.05 Å². The average Bonchev–Trinajstić information content (AvgIpc) is 2.28. The first-order valence-corrected chi connectivity index (χ1v) is 5.09. The van der Waals surface area contributed by atoms with Crippen molar-refractivity contribution in [2.24, 2.45) is 0 Å². The summed E-state index contributed by atoms with van der Waals surface area (Å²) in [5.41, 5.74) is 1.25. The number of hydrogen-bond donors (Lipinski definition) is 1. The second-order valence-corrected chi connectivity index (χ2v) is 3.43. The monoisotopic (exact) mass is 222 g/mol. The summed E-state index contributed by atoms with van der Waals surface area (Å²) in [5.74, 6) is -0.210. The Kier molecular flexibility index (Phi) is 3.99. The average molecular weight is 222 g/mol. The van der Waals surface area contributed by atoms with Gasteiger partial charge in [0, 0.05) is 24.7 Å². The van der Waals surface area contributed by atoms with Crippen molar-refractivity contribution in [3.05, 3.63) is 39.4 Å². The van der Waals surface area contributed by atoms with Crippen LogP contribution in [0.5, 0.6) is 0 Å². The third-order valence-corrected chi connectivity index (χ3v) is 2.29. The smallest absolute Gasteiger partial charge is 0.269 e. The Balaban J connectivity index is 3.18. The van der Waals surface area contributed by atoms with Crippen molar-refractivity contribution in [1.29, 1.82) is 0 Å². The van der Waals surface area contributed by atoms with Crippen molar-refractivity contribution >= 4 is 11.6 Å². The van der Waals surface area contributed by atoms with Gasteiger partial charge >= 0.3 is 0 Å². The molecule has 0 aromatic heterocycles. The molecule has 0 radical (unpaired) electrons. The number of benzene rings is 1. The van der Waals surface area contributed by atoms with E-state index in [1.54, 1.807) is 7.05 Å². The van der Waals surface area contributed by atoms with Gasteiger partial charge in [-0.05, 0) is 18.1 Å². The molecule has 1 rings (SSSR count). The molecule has 0 bridgehead atoms. The largest absolute Gasteiger partial charge is 0.355 e. The van der Waals surface area contributed by atoms with Crippen molar-refractivity contribution in [2.45, 2.75) is 19.8 Å². The third-order valence-electron chi connectivity index (χ3n) is 2.29. The number of non-ortho nitro benzene ring substituents is 1. The second-order valence-electron chi connectivity index (χ2n) is 3.43. The van der Waals surface area contributed by atoms with E-state index in [0.717, 1.165) is 12.0 Å². The van der Waals surface area contributed by atoms with Crippen molar-refractivity contribution in [3.8, 4) is 0 Å². The maximum Gasteiger partial charge on any atom is 0.269 e. The minimum absolute atomic E-state index is 0.0242. The molecule has 86 valence electrons. The van der Waals surface area contributed by atoms with Gasteiger partial charge in [-0.2, -0.15) is 0 Å². The maximum atomic E-state index is 11.5. The normalized spacial score (nSPS) is 9.88. The van der Waals surface area contributed by atoms with Crippen molar-refractivity contribution < 1.29 is 9.72 Å². The summed E-state index contributed by atoms with van der Waals surface area (Å²) in [7, 11) is 1.54. The van der Waals surface area contributed by atoms with Gasteiger partial charge in [0.05, 0.1) is 4.92 Å². The SMILES string of the molecule is CCCc1cc([N+](=O)[O-])ccc1C(=O)NC. The molecule has 0 saturated heterocycles. The van der Waals surface area contributed by atoms with E-state index in [4.69, 9.17) is 0 Å². The Hall–Kier alpha value is -1.91. The number of nitro benzene ring substituents is 1. The minimum atomic E-state index is -0.452. The highest BCUT2D eigenvalue weighted by molar-refractivity contribution is 5.95. The van der Waals surface area contributed by atoms with Crippen LogP contribution in [0, 0.1) is 10.1 Å². The van der Waals surface area contributed by atoms with Crippen LogP contribution in [-0.2, 0) is 6.42 Å². The van der Waals surface area contributed by atoms with Gasteiger partial charge in [-0.15, -0.1) is 0 Å². The molecule has 0 aliphatic rings. The van der Waals surface area contributed by atoms with Gasteiger partial charge in [-0.1, -0.05) is 13.3 Å². The summed E-state index contributed by atoms with van der Waals surface area (Å²) in [5, 5.41) is 13.1. The zero-order chi connectivity index (χ0) is 12.1. The number of aryl methyl sites for hydroxylation is 1. The van der Waals surface area contributed by atoms with E-state index in [-0.39, 0.29) is 11.6 Å². The number of nitrogens with one attached hydrogen (secondary N) is 1. The standard InChI is InChI=1S/C11H14N2O3/c1-3-4-8-7-9(13(15)16)5-6-10(8)11(14)12-2/h5-7H,3-4H2,1-2H3,(H,12,14). The first kappa shape index (κ1) is 12.2. The molecule has 1 amide bonds. The van der Waals surface area contributed by atoms with Crippen LogP contribution in [0.2, 0.25) is 0 Å². The lowest BCUT2D eigenvalue weighted by atomic mass is 10.0. The molecule has 5 nitrogen and oxygen atoms in total. The predicted octanol–water partition coefficient (Wildman–Crippen LogP) is 1.91. The van der Waals surface area contributed by atoms with E-state index in [9.17, 15) is 14.9 Å². The lowest BCUT2D eigenvalue weighted by Gasteiger charge is -2.06. The zero-order valence-corrected chi connectivity index (χ0v) is 9.32. The maximum absolute atomic E-state index is 11.5. The van der Waals surface area contributed by atoms with Crippen LogP contribution in [0.15, 0.2) is 18.2 Å². The fourth-order valence-electron chi connectivity index (χ4n) is 1.53. The topological polar surface area (TPSA) is 72.2 Å². The van der Waals surface area contributed by atoms with Gasteiger partial charge in [0.25, 0.3) is 11.6 Å². The van der Waals surface area contributed by atoms with E-state index in [2.05, 4.69) is 5.32 Å². The number of amides is 1. The summed E-state index contributed by atoms with van der Waals surface area (Å²) in [6.07, 6.45) is 1.50. The Morgan fingerprint density at radius 2 is 2.19 bits per heavy atom. The molecule has 1 N–H and O–H groups in total. The van der Waals surface area contributed by atoms with Gasteiger partial charge in [-0.25, -0.2) is 0 Å². The third kappa shape index (κ3) is 2.56. The minimum Gasteiger partial charge on any atom is -0.355 e. The molecule has 0 spiro atoms. The molecular weight excluding hydrogens is 208 g/mol. The first-order valence-electron chi connectivity index (χ1n) is 5.09. The molecule has 5 heteroatoms. The molecule has 1 aromatic carbocycles. The van der Waals surface area contributed by atoms with Crippen molar-refractivity contribution in [3.63, 3.8) is 0 Å². The highest BCUT2D eigenvalue weighted by Gasteiger charge is 2.14. The number of nitro groups is 1. The molecule has 0 saturated carbocycles. The van der Waals surface area contributed by atoms with E-state index >= 15 is 0 Å². The summed E-state index contributed by atoms with van der Waals surface area (Å²) in [4.78, 5) is 21.7. The Labute approximate surface area is 93.6 Å². The van der Waals surface area contributed by atoms with Crippen LogP contribution in [0.25, 0.3) is 0 Å². The molecule has 0 aliphatic carbocycles.